The second-order valence-electron chi connectivity index (χ2n) is 6.90. The molecule has 1 amide bonds. The van der Waals surface area contributed by atoms with E-state index in [0.29, 0.717) is 12.8 Å². The second kappa shape index (κ2) is 8.63. The average Bonchev–Trinajstić information content (AvgIpc) is 3.49. The van der Waals surface area contributed by atoms with Gasteiger partial charge in [0.05, 0.1) is 12.6 Å². The number of aromatic amines is 1. The number of halogens is 4. The number of methoxy groups -OCH3 is 2. The molecule has 0 aliphatic heterocycles. The summed E-state index contributed by atoms with van der Waals surface area (Å²) in [5.41, 5.74) is -1.36. The van der Waals surface area contributed by atoms with Crippen molar-refractivity contribution >= 4 is 5.91 Å². The molecule has 2 aromatic rings. The van der Waals surface area contributed by atoms with Crippen LogP contribution in [0, 0.1) is 5.82 Å². The molecule has 12 heteroatoms. The number of alkyl halides is 3. The maximum atomic E-state index is 14.1. The number of hydrogen-bond donors (Lipinski definition) is 2. The fraction of sp³-hybridized carbons (Fsp3) is 0.421. The van der Waals surface area contributed by atoms with Gasteiger partial charge < -0.3 is 24.5 Å². The van der Waals surface area contributed by atoms with E-state index in [1.807, 2.05) is 0 Å². The SMILES string of the molecule is COCC(NC(=O)c1cc(=O)[nH]c(C2(OC)CC2)n1)c1ccc(OC(F)(F)F)c(F)c1. The third kappa shape index (κ3) is 5.39. The van der Waals surface area contributed by atoms with Crippen molar-refractivity contribution in [3.05, 3.63) is 57.5 Å². The van der Waals surface area contributed by atoms with E-state index in [4.69, 9.17) is 9.47 Å². The quantitative estimate of drug-likeness (QED) is 0.606. The predicted molar refractivity (Wildman–Crippen MR) is 97.9 cm³/mol. The van der Waals surface area contributed by atoms with E-state index in [9.17, 15) is 27.2 Å². The molecule has 31 heavy (non-hydrogen) atoms. The van der Waals surface area contributed by atoms with Gasteiger partial charge in [0, 0.05) is 20.3 Å². The lowest BCUT2D eigenvalue weighted by molar-refractivity contribution is -0.275. The van der Waals surface area contributed by atoms with Crippen molar-refractivity contribution in [1.29, 1.82) is 0 Å². The number of carbonyl (C=O) groups excluding carboxylic acids is 1. The highest BCUT2D eigenvalue weighted by molar-refractivity contribution is 5.92. The Balaban J connectivity index is 1.83. The highest BCUT2D eigenvalue weighted by Crippen LogP contribution is 2.46. The van der Waals surface area contributed by atoms with Gasteiger partial charge in [-0.2, -0.15) is 0 Å². The lowest BCUT2D eigenvalue weighted by Gasteiger charge is -2.20. The summed E-state index contributed by atoms with van der Waals surface area (Å²) in [5, 5.41) is 2.54. The molecule has 1 atom stereocenters. The van der Waals surface area contributed by atoms with Crippen LogP contribution in [-0.4, -0.2) is 43.1 Å². The van der Waals surface area contributed by atoms with Crippen LogP contribution in [0.1, 0.15) is 40.8 Å². The van der Waals surface area contributed by atoms with Gasteiger partial charge in [0.1, 0.15) is 17.1 Å². The number of benzene rings is 1. The summed E-state index contributed by atoms with van der Waals surface area (Å²) in [6.07, 6.45) is -3.78. The first-order valence-electron chi connectivity index (χ1n) is 9.09. The molecule has 1 fully saturated rings. The van der Waals surface area contributed by atoms with Gasteiger partial charge in [0.25, 0.3) is 11.5 Å². The maximum absolute atomic E-state index is 14.1. The van der Waals surface area contributed by atoms with Crippen LogP contribution in [0.25, 0.3) is 0 Å². The number of H-pyrrole nitrogens is 1. The molecule has 1 heterocycles. The molecule has 1 aromatic carbocycles. The van der Waals surface area contributed by atoms with Crippen LogP contribution in [0.15, 0.2) is 29.1 Å². The van der Waals surface area contributed by atoms with Crippen LogP contribution in [0.3, 0.4) is 0 Å². The van der Waals surface area contributed by atoms with Gasteiger partial charge in [-0.1, -0.05) is 6.07 Å². The number of amides is 1. The zero-order valence-corrected chi connectivity index (χ0v) is 16.5. The smallest absolute Gasteiger partial charge is 0.403 e. The van der Waals surface area contributed by atoms with E-state index < -0.39 is 41.0 Å². The van der Waals surface area contributed by atoms with E-state index >= 15 is 0 Å². The molecule has 1 aromatic heterocycles. The van der Waals surface area contributed by atoms with Gasteiger partial charge in [-0.25, -0.2) is 9.37 Å². The molecule has 1 unspecified atom stereocenters. The first kappa shape index (κ1) is 22.7. The standard InChI is InChI=1S/C19H19F4N3O5/c1-29-9-13(10-3-4-14(11(20)7-10)31-19(21,22)23)24-16(28)12-8-15(27)26-17(25-12)18(30-2)5-6-18/h3-4,7-8,13H,5-6,9H2,1-2H3,(H,24,28)(H,25,26,27). The predicted octanol–water partition coefficient (Wildman–Crippen LogP) is 2.56. The molecular weight excluding hydrogens is 426 g/mol. The first-order valence-corrected chi connectivity index (χ1v) is 9.09. The van der Waals surface area contributed by atoms with Crippen LogP contribution in [0.5, 0.6) is 5.75 Å². The molecular formula is C19H19F4N3O5. The Labute approximate surface area is 173 Å². The highest BCUT2D eigenvalue weighted by atomic mass is 19.4. The maximum Gasteiger partial charge on any atom is 0.573 e. The van der Waals surface area contributed by atoms with Crippen molar-refractivity contribution in [2.75, 3.05) is 20.8 Å². The summed E-state index contributed by atoms with van der Waals surface area (Å²) in [7, 11) is 2.80. The molecule has 0 saturated heterocycles. The topological polar surface area (TPSA) is 103 Å². The summed E-state index contributed by atoms with van der Waals surface area (Å²) in [6, 6.07) is 2.82. The number of ether oxygens (including phenoxy) is 3. The van der Waals surface area contributed by atoms with Gasteiger partial charge in [-0.05, 0) is 30.5 Å². The van der Waals surface area contributed by atoms with Crippen molar-refractivity contribution in [3.63, 3.8) is 0 Å². The van der Waals surface area contributed by atoms with Gasteiger partial charge in [0.2, 0.25) is 0 Å². The Morgan fingerprint density at radius 2 is 2.00 bits per heavy atom. The van der Waals surface area contributed by atoms with Crippen LogP contribution >= 0.6 is 0 Å². The van der Waals surface area contributed by atoms with Gasteiger partial charge >= 0.3 is 6.36 Å². The van der Waals surface area contributed by atoms with E-state index in [1.54, 1.807) is 0 Å². The Hall–Kier alpha value is -2.99. The van der Waals surface area contributed by atoms with Crippen molar-refractivity contribution in [3.8, 4) is 5.75 Å². The summed E-state index contributed by atoms with van der Waals surface area (Å²) in [5.74, 6) is -2.81. The Morgan fingerprint density at radius 3 is 2.55 bits per heavy atom. The summed E-state index contributed by atoms with van der Waals surface area (Å²) in [6.45, 7) is -0.122. The number of hydrogen-bond acceptors (Lipinski definition) is 6. The van der Waals surface area contributed by atoms with Crippen molar-refractivity contribution in [2.45, 2.75) is 30.8 Å². The Morgan fingerprint density at radius 1 is 1.29 bits per heavy atom. The normalized spacial score (nSPS) is 15.9. The summed E-state index contributed by atoms with van der Waals surface area (Å²) >= 11 is 0. The van der Waals surface area contributed by atoms with E-state index in [-0.39, 0.29) is 23.7 Å². The minimum atomic E-state index is -5.05. The van der Waals surface area contributed by atoms with Gasteiger partial charge in [-0.3, -0.25) is 9.59 Å². The molecule has 1 aliphatic rings. The average molecular weight is 445 g/mol. The van der Waals surface area contributed by atoms with E-state index in [2.05, 4.69) is 20.0 Å². The third-order valence-corrected chi connectivity index (χ3v) is 4.72. The Kier molecular flexibility index (Phi) is 6.32. The molecule has 2 N–H and O–H groups in total. The van der Waals surface area contributed by atoms with Gasteiger partial charge in [0.15, 0.2) is 11.6 Å². The van der Waals surface area contributed by atoms with Gasteiger partial charge in [-0.15, -0.1) is 13.2 Å². The molecule has 3 rings (SSSR count). The lowest BCUT2D eigenvalue weighted by atomic mass is 10.1. The van der Waals surface area contributed by atoms with Crippen LogP contribution < -0.4 is 15.6 Å². The lowest BCUT2D eigenvalue weighted by Crippen LogP contribution is -2.34. The molecule has 1 aliphatic carbocycles. The molecule has 1 saturated carbocycles. The fourth-order valence-corrected chi connectivity index (χ4v) is 3.00. The van der Waals surface area contributed by atoms with E-state index in [0.717, 1.165) is 24.3 Å². The minimum absolute atomic E-state index is 0.122. The fourth-order valence-electron chi connectivity index (χ4n) is 3.00. The second-order valence-corrected chi connectivity index (χ2v) is 6.90. The number of rotatable bonds is 8. The zero-order valence-electron chi connectivity index (χ0n) is 16.5. The molecule has 0 radical (unpaired) electrons. The minimum Gasteiger partial charge on any atom is -0.403 e. The summed E-state index contributed by atoms with van der Waals surface area (Å²) < 4.78 is 65.0. The largest absolute Gasteiger partial charge is 0.573 e. The molecule has 0 spiro atoms. The highest BCUT2D eigenvalue weighted by Gasteiger charge is 2.47. The van der Waals surface area contributed by atoms with Crippen molar-refractivity contribution in [1.82, 2.24) is 15.3 Å². The number of aromatic nitrogens is 2. The number of carbonyl (C=O) groups is 1. The van der Waals surface area contributed by atoms with Crippen LogP contribution in [0.4, 0.5) is 17.6 Å². The van der Waals surface area contributed by atoms with E-state index in [1.165, 1.54) is 14.2 Å². The number of nitrogens with zero attached hydrogens (tertiary/aromatic N) is 1. The van der Waals surface area contributed by atoms with Crippen molar-refractivity contribution < 1.29 is 36.6 Å². The van der Waals surface area contributed by atoms with Crippen LogP contribution in [-0.2, 0) is 15.1 Å². The Bertz CT molecular complexity index is 1020. The molecule has 0 bridgehead atoms. The monoisotopic (exact) mass is 445 g/mol. The number of nitrogens with one attached hydrogen (secondary N) is 2. The summed E-state index contributed by atoms with van der Waals surface area (Å²) in [4.78, 5) is 31.4. The van der Waals surface area contributed by atoms with Crippen LogP contribution in [0.2, 0.25) is 0 Å². The molecule has 168 valence electrons. The zero-order chi connectivity index (χ0) is 22.8. The first-order chi connectivity index (χ1) is 14.6. The van der Waals surface area contributed by atoms with Crippen molar-refractivity contribution in [2.24, 2.45) is 0 Å². The third-order valence-electron chi connectivity index (χ3n) is 4.72. The molecule has 8 nitrogen and oxygen atoms in total.